The zero-order valence-electron chi connectivity index (χ0n) is 18.3. The summed E-state index contributed by atoms with van der Waals surface area (Å²) in [5.41, 5.74) is 2.55. The van der Waals surface area contributed by atoms with Crippen LogP contribution in [-0.2, 0) is 11.3 Å². The monoisotopic (exact) mass is 442 g/mol. The van der Waals surface area contributed by atoms with Crippen molar-refractivity contribution in [3.8, 4) is 17.2 Å². The van der Waals surface area contributed by atoms with Gasteiger partial charge in [-0.2, -0.15) is 0 Å². The van der Waals surface area contributed by atoms with Crippen molar-refractivity contribution in [2.75, 3.05) is 7.11 Å². The summed E-state index contributed by atoms with van der Waals surface area (Å²) in [6, 6.07) is 19.3. The largest absolute Gasteiger partial charge is 0.489 e. The number of esters is 1. The van der Waals surface area contributed by atoms with Crippen LogP contribution in [0.4, 0.5) is 0 Å². The average Bonchev–Trinajstić information content (AvgIpc) is 2.85. The molecule has 4 rings (SSSR count). The Morgan fingerprint density at radius 3 is 2.36 bits per heavy atom. The van der Waals surface area contributed by atoms with Crippen LogP contribution in [0.25, 0.3) is 17.0 Å². The highest BCUT2D eigenvalue weighted by Gasteiger charge is 2.15. The molecule has 0 aliphatic heterocycles. The van der Waals surface area contributed by atoms with Gasteiger partial charge in [-0.1, -0.05) is 36.9 Å². The van der Waals surface area contributed by atoms with Crippen LogP contribution >= 0.6 is 0 Å². The van der Waals surface area contributed by atoms with E-state index in [2.05, 4.69) is 11.3 Å². The lowest BCUT2D eigenvalue weighted by Crippen LogP contribution is -2.08. The van der Waals surface area contributed by atoms with E-state index in [-0.39, 0.29) is 11.2 Å². The van der Waals surface area contributed by atoms with Crippen LogP contribution in [0.5, 0.6) is 17.2 Å². The van der Waals surface area contributed by atoms with Gasteiger partial charge in [0.15, 0.2) is 0 Å². The van der Waals surface area contributed by atoms with Crippen LogP contribution < -0.4 is 14.9 Å². The van der Waals surface area contributed by atoms with E-state index in [4.69, 9.17) is 13.9 Å². The molecular weight excluding hydrogens is 420 g/mol. The Balaban J connectivity index is 1.54. The minimum absolute atomic E-state index is 0.0873. The molecule has 6 heteroatoms. The second-order valence-electron chi connectivity index (χ2n) is 7.33. The average molecular weight is 442 g/mol. The molecule has 1 aromatic heterocycles. The summed E-state index contributed by atoms with van der Waals surface area (Å²) < 4.78 is 22.2. The second kappa shape index (κ2) is 9.44. The van der Waals surface area contributed by atoms with Gasteiger partial charge >= 0.3 is 5.97 Å². The molecule has 0 spiro atoms. The fraction of sp³-hybridized carbons (Fsp3) is 0.111. The van der Waals surface area contributed by atoms with E-state index < -0.39 is 5.97 Å². The van der Waals surface area contributed by atoms with Gasteiger partial charge in [0.25, 0.3) is 0 Å². The maximum absolute atomic E-state index is 13.0. The number of aryl methyl sites for hydroxylation is 1. The van der Waals surface area contributed by atoms with Crippen molar-refractivity contribution in [3.05, 3.63) is 106 Å². The summed E-state index contributed by atoms with van der Waals surface area (Å²) in [7, 11) is 1.31. The third kappa shape index (κ3) is 4.80. The van der Waals surface area contributed by atoms with Gasteiger partial charge in [0.2, 0.25) is 11.2 Å². The predicted molar refractivity (Wildman–Crippen MR) is 126 cm³/mol. The van der Waals surface area contributed by atoms with Gasteiger partial charge in [0, 0.05) is 6.07 Å². The third-order valence-electron chi connectivity index (χ3n) is 5.10. The minimum Gasteiger partial charge on any atom is -0.489 e. The van der Waals surface area contributed by atoms with Gasteiger partial charge in [-0.15, -0.1) is 0 Å². The molecule has 3 aromatic carbocycles. The molecular formula is C27H22O6. The number of carbonyl (C=O) groups excluding carboxylic acids is 1. The number of ether oxygens (including phenoxy) is 3. The summed E-state index contributed by atoms with van der Waals surface area (Å²) in [6.07, 6.45) is 1.79. The molecule has 1 heterocycles. The molecule has 6 nitrogen and oxygen atoms in total. The number of benzene rings is 3. The highest BCUT2D eigenvalue weighted by Crippen LogP contribution is 2.28. The number of hydrogen-bond acceptors (Lipinski definition) is 6. The normalized spacial score (nSPS) is 10.6. The lowest BCUT2D eigenvalue weighted by Gasteiger charge is -2.11. The first kappa shape index (κ1) is 21.9. The molecule has 0 fully saturated rings. The molecule has 0 bridgehead atoms. The number of fused-ring (bicyclic) bond motifs is 1. The number of carbonyl (C=O) groups is 1. The number of rotatable bonds is 7. The zero-order chi connectivity index (χ0) is 23.4. The molecule has 0 amide bonds. The molecule has 0 radical (unpaired) electrons. The lowest BCUT2D eigenvalue weighted by molar-refractivity contribution is 0.0600. The minimum atomic E-state index is -0.449. The molecule has 0 N–H and O–H groups in total. The van der Waals surface area contributed by atoms with E-state index >= 15 is 0 Å². The highest BCUT2D eigenvalue weighted by atomic mass is 16.5. The van der Waals surface area contributed by atoms with Gasteiger partial charge < -0.3 is 18.6 Å². The molecule has 0 saturated heterocycles. The Labute approximate surface area is 190 Å². The Kier molecular flexibility index (Phi) is 6.26. The van der Waals surface area contributed by atoms with Crippen molar-refractivity contribution in [1.82, 2.24) is 0 Å². The maximum Gasteiger partial charge on any atom is 0.337 e. The Morgan fingerprint density at radius 2 is 1.70 bits per heavy atom. The van der Waals surface area contributed by atoms with E-state index in [0.29, 0.717) is 40.4 Å². The van der Waals surface area contributed by atoms with E-state index in [0.717, 1.165) is 11.1 Å². The summed E-state index contributed by atoms with van der Waals surface area (Å²) in [4.78, 5) is 24.6. The van der Waals surface area contributed by atoms with E-state index in [1.165, 1.54) is 7.11 Å². The number of methoxy groups -OCH3 is 1. The SMILES string of the molecule is C=Cc1ccc(COc2ccc3c(=O)c(Oc4ccc(C(=O)OC)cc4)c(C)oc3c2)cc1. The molecule has 0 unspecified atom stereocenters. The highest BCUT2D eigenvalue weighted by molar-refractivity contribution is 5.89. The molecule has 4 aromatic rings. The van der Waals surface area contributed by atoms with Crippen molar-refractivity contribution < 1.29 is 23.4 Å². The fourth-order valence-electron chi connectivity index (χ4n) is 3.29. The van der Waals surface area contributed by atoms with E-state index in [9.17, 15) is 9.59 Å². The number of hydrogen-bond donors (Lipinski definition) is 0. The van der Waals surface area contributed by atoms with Crippen LogP contribution in [0, 0.1) is 6.92 Å². The summed E-state index contributed by atoms with van der Waals surface area (Å²) in [5, 5.41) is 0.379. The maximum atomic E-state index is 13.0. The van der Waals surface area contributed by atoms with Crippen molar-refractivity contribution in [2.24, 2.45) is 0 Å². The van der Waals surface area contributed by atoms with Gasteiger partial charge in [-0.05, 0) is 54.4 Å². The van der Waals surface area contributed by atoms with Crippen molar-refractivity contribution in [3.63, 3.8) is 0 Å². The van der Waals surface area contributed by atoms with E-state index in [1.807, 2.05) is 24.3 Å². The van der Waals surface area contributed by atoms with Crippen molar-refractivity contribution in [2.45, 2.75) is 13.5 Å². The summed E-state index contributed by atoms with van der Waals surface area (Å²) >= 11 is 0. The first-order valence-electron chi connectivity index (χ1n) is 10.3. The van der Waals surface area contributed by atoms with Crippen LogP contribution in [-0.4, -0.2) is 13.1 Å². The summed E-state index contributed by atoms with van der Waals surface area (Å²) in [6.45, 7) is 5.79. The van der Waals surface area contributed by atoms with Gasteiger partial charge in [-0.3, -0.25) is 4.79 Å². The van der Waals surface area contributed by atoms with Gasteiger partial charge in [0.05, 0.1) is 18.1 Å². The second-order valence-corrected chi connectivity index (χ2v) is 7.33. The molecule has 166 valence electrons. The first-order valence-corrected chi connectivity index (χ1v) is 10.3. The van der Waals surface area contributed by atoms with Crippen molar-refractivity contribution in [1.29, 1.82) is 0 Å². The molecule has 0 saturated carbocycles. The van der Waals surface area contributed by atoms with Gasteiger partial charge in [-0.25, -0.2) is 4.79 Å². The topological polar surface area (TPSA) is 75.0 Å². The Hall–Kier alpha value is -4.32. The van der Waals surface area contributed by atoms with Crippen LogP contribution in [0.2, 0.25) is 0 Å². The van der Waals surface area contributed by atoms with Crippen LogP contribution in [0.15, 0.2) is 82.5 Å². The lowest BCUT2D eigenvalue weighted by atomic mass is 10.1. The fourth-order valence-corrected chi connectivity index (χ4v) is 3.29. The van der Waals surface area contributed by atoms with Crippen LogP contribution in [0.1, 0.15) is 27.2 Å². The zero-order valence-corrected chi connectivity index (χ0v) is 18.3. The molecule has 0 aliphatic carbocycles. The third-order valence-corrected chi connectivity index (χ3v) is 5.10. The Bertz CT molecular complexity index is 1370. The molecule has 0 atom stereocenters. The van der Waals surface area contributed by atoms with E-state index in [1.54, 1.807) is 55.5 Å². The molecule has 33 heavy (non-hydrogen) atoms. The standard InChI is InChI=1S/C27H22O6/c1-4-18-5-7-19(8-6-18)16-31-22-13-14-23-24(15-22)32-17(2)26(25(23)28)33-21-11-9-20(10-12-21)27(29)30-3/h4-15H,1,16H2,2-3H3. The molecule has 0 aliphatic rings. The first-order chi connectivity index (χ1) is 16.0. The Morgan fingerprint density at radius 1 is 1.00 bits per heavy atom. The van der Waals surface area contributed by atoms with Crippen molar-refractivity contribution >= 4 is 23.0 Å². The van der Waals surface area contributed by atoms with Gasteiger partial charge in [0.1, 0.15) is 29.4 Å². The predicted octanol–water partition coefficient (Wildman–Crippen LogP) is 5.90. The summed E-state index contributed by atoms with van der Waals surface area (Å²) in [5.74, 6) is 0.963. The quantitative estimate of drug-likeness (QED) is 0.332. The smallest absolute Gasteiger partial charge is 0.337 e. The van der Waals surface area contributed by atoms with Crippen LogP contribution in [0.3, 0.4) is 0 Å².